The van der Waals surface area contributed by atoms with Crippen LogP contribution in [0.1, 0.15) is 12.0 Å². The van der Waals surface area contributed by atoms with Crippen molar-refractivity contribution in [3.8, 4) is 0 Å². The lowest BCUT2D eigenvalue weighted by Crippen LogP contribution is -2.38. The molecule has 9 nitrogen and oxygen atoms in total. The number of halogens is 1. The van der Waals surface area contributed by atoms with E-state index in [1.165, 1.54) is 54.0 Å². The molecule has 1 fully saturated rings. The minimum absolute atomic E-state index is 0.0121. The van der Waals surface area contributed by atoms with E-state index in [2.05, 4.69) is 10.3 Å². The Labute approximate surface area is 175 Å². The van der Waals surface area contributed by atoms with Crippen molar-refractivity contribution in [3.63, 3.8) is 0 Å². The van der Waals surface area contributed by atoms with Gasteiger partial charge in [-0.1, -0.05) is 0 Å². The first-order chi connectivity index (χ1) is 14.7. The Morgan fingerprint density at radius 1 is 1.13 bits per heavy atom. The SMILES string of the molecule is Cc1cnc2c(c1NC(=O)C1CC(=O)N(c3ccc(F)cc3)C1)c(=O)n(C)c(=O)n2C. The molecule has 1 unspecified atom stereocenters. The number of carbonyl (C=O) groups is 2. The maximum atomic E-state index is 13.2. The van der Waals surface area contributed by atoms with Gasteiger partial charge in [-0.25, -0.2) is 14.2 Å². The van der Waals surface area contributed by atoms with Gasteiger partial charge in [0, 0.05) is 38.9 Å². The zero-order valence-corrected chi connectivity index (χ0v) is 17.2. The topological polar surface area (TPSA) is 106 Å². The smallest absolute Gasteiger partial charge is 0.325 e. The van der Waals surface area contributed by atoms with E-state index in [1.54, 1.807) is 6.92 Å². The normalized spacial score (nSPS) is 16.2. The average molecular weight is 425 g/mol. The second-order valence-corrected chi connectivity index (χ2v) is 7.59. The Bertz CT molecular complexity index is 1340. The molecule has 3 heterocycles. The van der Waals surface area contributed by atoms with Gasteiger partial charge in [0.2, 0.25) is 11.8 Å². The minimum Gasteiger partial charge on any atom is -0.325 e. The lowest BCUT2D eigenvalue weighted by atomic mass is 10.1. The van der Waals surface area contributed by atoms with E-state index in [0.29, 0.717) is 11.3 Å². The van der Waals surface area contributed by atoms with Gasteiger partial charge in [0.15, 0.2) is 5.65 Å². The molecular weight excluding hydrogens is 405 g/mol. The van der Waals surface area contributed by atoms with Crippen LogP contribution in [0.5, 0.6) is 0 Å². The molecule has 0 aliphatic carbocycles. The van der Waals surface area contributed by atoms with E-state index < -0.39 is 28.9 Å². The highest BCUT2D eigenvalue weighted by molar-refractivity contribution is 6.06. The molecule has 0 bridgehead atoms. The Balaban J connectivity index is 1.67. The lowest BCUT2D eigenvalue weighted by molar-refractivity contribution is -0.122. The van der Waals surface area contributed by atoms with Crippen molar-refractivity contribution in [2.24, 2.45) is 20.0 Å². The zero-order valence-electron chi connectivity index (χ0n) is 17.2. The van der Waals surface area contributed by atoms with Crippen LogP contribution in [0.3, 0.4) is 0 Å². The van der Waals surface area contributed by atoms with Crippen molar-refractivity contribution in [1.82, 2.24) is 14.1 Å². The summed E-state index contributed by atoms with van der Waals surface area (Å²) in [7, 11) is 2.85. The summed E-state index contributed by atoms with van der Waals surface area (Å²) in [6.45, 7) is 1.83. The number of aromatic nitrogens is 3. The van der Waals surface area contributed by atoms with Gasteiger partial charge in [0.25, 0.3) is 5.56 Å². The molecule has 2 aromatic heterocycles. The molecule has 1 saturated heterocycles. The summed E-state index contributed by atoms with van der Waals surface area (Å²) >= 11 is 0. The van der Waals surface area contributed by atoms with Crippen LogP contribution >= 0.6 is 0 Å². The van der Waals surface area contributed by atoms with Crippen LogP contribution in [0, 0.1) is 18.7 Å². The van der Waals surface area contributed by atoms with Gasteiger partial charge in [-0.05, 0) is 36.8 Å². The zero-order chi connectivity index (χ0) is 22.4. The molecule has 2 amide bonds. The number of carbonyl (C=O) groups excluding carboxylic acids is 2. The van der Waals surface area contributed by atoms with E-state index in [1.807, 2.05) is 0 Å². The molecular formula is C21H20FN5O4. The summed E-state index contributed by atoms with van der Waals surface area (Å²) in [4.78, 5) is 56.0. The van der Waals surface area contributed by atoms with E-state index in [0.717, 1.165) is 4.57 Å². The molecule has 0 spiro atoms. The molecule has 1 aliphatic rings. The Morgan fingerprint density at radius 3 is 2.48 bits per heavy atom. The fourth-order valence-electron chi connectivity index (χ4n) is 3.76. The first-order valence-corrected chi connectivity index (χ1v) is 9.61. The Morgan fingerprint density at radius 2 is 1.81 bits per heavy atom. The number of hydrogen-bond donors (Lipinski definition) is 1. The van der Waals surface area contributed by atoms with Crippen molar-refractivity contribution < 1.29 is 14.0 Å². The summed E-state index contributed by atoms with van der Waals surface area (Å²) in [6, 6.07) is 5.47. The summed E-state index contributed by atoms with van der Waals surface area (Å²) in [5, 5.41) is 2.89. The Hall–Kier alpha value is -3.82. The highest BCUT2D eigenvalue weighted by Crippen LogP contribution is 2.28. The predicted molar refractivity (Wildman–Crippen MR) is 112 cm³/mol. The fourth-order valence-corrected chi connectivity index (χ4v) is 3.76. The summed E-state index contributed by atoms with van der Waals surface area (Å²) in [5.41, 5.74) is 0.387. The monoisotopic (exact) mass is 425 g/mol. The Kier molecular flexibility index (Phi) is 4.92. The molecule has 10 heteroatoms. The summed E-state index contributed by atoms with van der Waals surface area (Å²) in [6.07, 6.45) is 1.46. The molecule has 160 valence electrons. The van der Waals surface area contributed by atoms with Gasteiger partial charge < -0.3 is 10.2 Å². The second kappa shape index (κ2) is 7.46. The van der Waals surface area contributed by atoms with Crippen molar-refractivity contribution in [3.05, 3.63) is 62.7 Å². The maximum absolute atomic E-state index is 13.2. The van der Waals surface area contributed by atoms with Crippen molar-refractivity contribution >= 4 is 34.2 Å². The van der Waals surface area contributed by atoms with Crippen LogP contribution in [0.15, 0.2) is 40.1 Å². The van der Waals surface area contributed by atoms with Crippen molar-refractivity contribution in [2.75, 3.05) is 16.8 Å². The minimum atomic E-state index is -0.656. The standard InChI is InChI=1S/C21H20FN5O4/c1-11-9-23-18-16(20(30)26(3)21(31)25(18)2)17(11)24-19(29)12-8-15(28)27(10-12)14-6-4-13(22)5-7-14/h4-7,9,12H,8,10H2,1-3H3,(H,23,24,29). The highest BCUT2D eigenvalue weighted by Gasteiger charge is 2.35. The molecule has 3 aromatic rings. The third-order valence-corrected chi connectivity index (χ3v) is 5.54. The first-order valence-electron chi connectivity index (χ1n) is 9.61. The number of nitrogens with zero attached hydrogens (tertiary/aromatic N) is 4. The average Bonchev–Trinajstić information content (AvgIpc) is 3.14. The third kappa shape index (κ3) is 3.39. The number of benzene rings is 1. The number of nitrogens with one attached hydrogen (secondary N) is 1. The van der Waals surface area contributed by atoms with Crippen LogP contribution in [-0.2, 0) is 23.7 Å². The number of pyridine rings is 1. The molecule has 4 rings (SSSR count). The van der Waals surface area contributed by atoms with Crippen molar-refractivity contribution in [1.29, 1.82) is 0 Å². The van der Waals surface area contributed by atoms with E-state index in [9.17, 15) is 23.6 Å². The first kappa shape index (κ1) is 20.5. The van der Waals surface area contributed by atoms with Crippen LogP contribution < -0.4 is 21.5 Å². The van der Waals surface area contributed by atoms with Gasteiger partial charge in [-0.15, -0.1) is 0 Å². The van der Waals surface area contributed by atoms with Gasteiger partial charge in [-0.3, -0.25) is 23.5 Å². The molecule has 1 atom stereocenters. The maximum Gasteiger partial charge on any atom is 0.332 e. The fraction of sp³-hybridized carbons (Fsp3) is 0.286. The quantitative estimate of drug-likeness (QED) is 0.676. The number of anilines is 2. The highest BCUT2D eigenvalue weighted by atomic mass is 19.1. The number of rotatable bonds is 3. The van der Waals surface area contributed by atoms with E-state index in [-0.39, 0.29) is 35.6 Å². The number of aryl methyl sites for hydroxylation is 2. The summed E-state index contributed by atoms with van der Waals surface area (Å²) in [5.74, 6) is -1.75. The van der Waals surface area contributed by atoms with E-state index >= 15 is 0 Å². The lowest BCUT2D eigenvalue weighted by Gasteiger charge is -2.17. The van der Waals surface area contributed by atoms with Gasteiger partial charge in [-0.2, -0.15) is 0 Å². The predicted octanol–water partition coefficient (Wildman–Crippen LogP) is 1.07. The molecule has 1 aliphatic heterocycles. The van der Waals surface area contributed by atoms with Gasteiger partial charge in [0.1, 0.15) is 11.2 Å². The second-order valence-electron chi connectivity index (χ2n) is 7.59. The third-order valence-electron chi connectivity index (χ3n) is 5.54. The molecule has 31 heavy (non-hydrogen) atoms. The molecule has 1 aromatic carbocycles. The number of amides is 2. The summed E-state index contributed by atoms with van der Waals surface area (Å²) < 4.78 is 15.4. The van der Waals surface area contributed by atoms with Crippen LogP contribution in [-0.4, -0.2) is 32.5 Å². The van der Waals surface area contributed by atoms with Gasteiger partial charge >= 0.3 is 5.69 Å². The van der Waals surface area contributed by atoms with Crippen molar-refractivity contribution in [2.45, 2.75) is 13.3 Å². The molecule has 0 saturated carbocycles. The number of hydrogen-bond acceptors (Lipinski definition) is 5. The number of fused-ring (bicyclic) bond motifs is 1. The van der Waals surface area contributed by atoms with Crippen LogP contribution in [0.25, 0.3) is 11.0 Å². The van der Waals surface area contributed by atoms with Gasteiger partial charge in [0.05, 0.1) is 11.6 Å². The molecule has 1 N–H and O–H groups in total. The van der Waals surface area contributed by atoms with E-state index in [4.69, 9.17) is 0 Å². The van der Waals surface area contributed by atoms with Crippen LogP contribution in [0.4, 0.5) is 15.8 Å². The largest absolute Gasteiger partial charge is 0.332 e. The molecule has 0 radical (unpaired) electrons. The van der Waals surface area contributed by atoms with Crippen LogP contribution in [0.2, 0.25) is 0 Å².